The predicted molar refractivity (Wildman–Crippen MR) is 116 cm³/mol. The van der Waals surface area contributed by atoms with Gasteiger partial charge in [0.1, 0.15) is 0 Å². The number of rotatable bonds is 5. The van der Waals surface area contributed by atoms with Crippen LogP contribution in [-0.2, 0) is 24.8 Å². The first-order valence-corrected chi connectivity index (χ1v) is 12.8. The number of nitrogens with one attached hydrogen (secondary N) is 1. The Labute approximate surface area is 176 Å². The zero-order chi connectivity index (χ0) is 21.5. The SMILES string of the molecule is Cc1ccc(N2C(=O)CCS2(=O)=O)cc1S(=O)(=O)Nc1ccc(N2CCCC2)cc1. The molecule has 2 aromatic carbocycles. The minimum absolute atomic E-state index is 0.0351. The van der Waals surface area contributed by atoms with Gasteiger partial charge in [-0.05, 0) is 61.7 Å². The lowest BCUT2D eigenvalue weighted by Gasteiger charge is -2.19. The molecule has 2 aromatic rings. The van der Waals surface area contributed by atoms with Gasteiger partial charge in [0.05, 0.1) is 16.3 Å². The van der Waals surface area contributed by atoms with E-state index in [9.17, 15) is 21.6 Å². The third kappa shape index (κ3) is 3.89. The Kier molecular flexibility index (Phi) is 5.23. The number of hydrogen-bond acceptors (Lipinski definition) is 6. The maximum atomic E-state index is 13.0. The highest BCUT2D eigenvalue weighted by atomic mass is 32.2. The lowest BCUT2D eigenvalue weighted by Crippen LogP contribution is -2.29. The van der Waals surface area contributed by atoms with Crippen LogP contribution in [0.2, 0.25) is 0 Å². The van der Waals surface area contributed by atoms with E-state index >= 15 is 0 Å². The van der Waals surface area contributed by atoms with Crippen molar-refractivity contribution in [1.29, 1.82) is 0 Å². The van der Waals surface area contributed by atoms with Crippen molar-refractivity contribution in [2.24, 2.45) is 0 Å². The molecule has 2 fully saturated rings. The molecule has 1 amide bonds. The van der Waals surface area contributed by atoms with E-state index in [0.29, 0.717) is 15.6 Å². The highest BCUT2D eigenvalue weighted by molar-refractivity contribution is 7.94. The molecule has 4 rings (SSSR count). The summed E-state index contributed by atoms with van der Waals surface area (Å²) in [4.78, 5) is 14.2. The lowest BCUT2D eigenvalue weighted by molar-refractivity contribution is -0.116. The molecule has 0 radical (unpaired) electrons. The van der Waals surface area contributed by atoms with Gasteiger partial charge in [-0.15, -0.1) is 0 Å². The maximum Gasteiger partial charge on any atom is 0.262 e. The van der Waals surface area contributed by atoms with Gasteiger partial charge in [-0.25, -0.2) is 21.1 Å². The van der Waals surface area contributed by atoms with E-state index in [2.05, 4.69) is 9.62 Å². The molecule has 30 heavy (non-hydrogen) atoms. The number of amides is 1. The fourth-order valence-electron chi connectivity index (χ4n) is 3.80. The van der Waals surface area contributed by atoms with Crippen LogP contribution in [0.4, 0.5) is 17.1 Å². The molecule has 8 nitrogen and oxygen atoms in total. The molecule has 160 valence electrons. The molecule has 0 spiro atoms. The van der Waals surface area contributed by atoms with Crippen molar-refractivity contribution in [2.45, 2.75) is 31.1 Å². The monoisotopic (exact) mass is 449 g/mol. The van der Waals surface area contributed by atoms with Crippen molar-refractivity contribution in [3.63, 3.8) is 0 Å². The van der Waals surface area contributed by atoms with Crippen LogP contribution in [0.25, 0.3) is 0 Å². The summed E-state index contributed by atoms with van der Waals surface area (Å²) in [6.45, 7) is 3.61. The zero-order valence-corrected chi connectivity index (χ0v) is 18.2. The van der Waals surface area contributed by atoms with Crippen LogP contribution in [0.15, 0.2) is 47.4 Å². The fraction of sp³-hybridized carbons (Fsp3) is 0.350. The van der Waals surface area contributed by atoms with E-state index in [-0.39, 0.29) is 22.8 Å². The molecule has 2 aliphatic rings. The van der Waals surface area contributed by atoms with Gasteiger partial charge >= 0.3 is 0 Å². The van der Waals surface area contributed by atoms with Crippen LogP contribution in [0, 0.1) is 6.92 Å². The minimum Gasteiger partial charge on any atom is -0.372 e. The average molecular weight is 450 g/mol. The average Bonchev–Trinajstić information content (AvgIpc) is 3.31. The Hall–Kier alpha value is -2.59. The number of aryl methyl sites for hydroxylation is 1. The second-order valence-electron chi connectivity index (χ2n) is 7.52. The van der Waals surface area contributed by atoms with Gasteiger partial charge in [0, 0.05) is 30.9 Å². The Morgan fingerprint density at radius 2 is 1.60 bits per heavy atom. The smallest absolute Gasteiger partial charge is 0.262 e. The van der Waals surface area contributed by atoms with Crippen LogP contribution < -0.4 is 13.9 Å². The van der Waals surface area contributed by atoms with Crippen molar-refractivity contribution in [3.8, 4) is 0 Å². The maximum absolute atomic E-state index is 13.0. The molecule has 0 bridgehead atoms. The van der Waals surface area contributed by atoms with Crippen LogP contribution >= 0.6 is 0 Å². The van der Waals surface area contributed by atoms with Crippen molar-refractivity contribution < 1.29 is 21.6 Å². The number of carbonyl (C=O) groups is 1. The summed E-state index contributed by atoms with van der Waals surface area (Å²) >= 11 is 0. The van der Waals surface area contributed by atoms with Gasteiger partial charge < -0.3 is 4.90 Å². The second kappa shape index (κ2) is 7.59. The first kappa shape index (κ1) is 20.7. The summed E-state index contributed by atoms with van der Waals surface area (Å²) in [5.74, 6) is -0.837. The Morgan fingerprint density at radius 1 is 0.967 bits per heavy atom. The predicted octanol–water partition coefficient (Wildman–Crippen LogP) is 2.46. The van der Waals surface area contributed by atoms with Crippen LogP contribution in [0.1, 0.15) is 24.8 Å². The van der Waals surface area contributed by atoms with E-state index < -0.39 is 26.0 Å². The van der Waals surface area contributed by atoms with Gasteiger partial charge in [0.25, 0.3) is 10.0 Å². The first-order valence-electron chi connectivity index (χ1n) is 9.72. The topological polar surface area (TPSA) is 104 Å². The molecule has 10 heteroatoms. The number of sulfonamides is 2. The number of hydrogen-bond donors (Lipinski definition) is 1. The summed E-state index contributed by atoms with van der Waals surface area (Å²) in [6.07, 6.45) is 2.19. The molecular formula is C20H23N3O5S2. The highest BCUT2D eigenvalue weighted by Gasteiger charge is 2.37. The largest absolute Gasteiger partial charge is 0.372 e. The summed E-state index contributed by atoms with van der Waals surface area (Å²) in [5.41, 5.74) is 1.94. The molecule has 0 atom stereocenters. The Bertz CT molecular complexity index is 1190. The van der Waals surface area contributed by atoms with Crippen LogP contribution in [0.3, 0.4) is 0 Å². The van der Waals surface area contributed by atoms with Gasteiger partial charge in [-0.2, -0.15) is 0 Å². The Morgan fingerprint density at radius 3 is 2.20 bits per heavy atom. The van der Waals surface area contributed by atoms with Crippen molar-refractivity contribution >= 4 is 43.0 Å². The van der Waals surface area contributed by atoms with Gasteiger partial charge in [0.15, 0.2) is 0 Å². The third-order valence-electron chi connectivity index (χ3n) is 5.37. The van der Waals surface area contributed by atoms with Crippen LogP contribution in [0.5, 0.6) is 0 Å². The summed E-state index contributed by atoms with van der Waals surface area (Å²) in [6, 6.07) is 11.3. The lowest BCUT2D eigenvalue weighted by atomic mass is 10.2. The zero-order valence-electron chi connectivity index (χ0n) is 16.5. The van der Waals surface area contributed by atoms with Crippen LogP contribution in [-0.4, -0.2) is 41.6 Å². The van der Waals surface area contributed by atoms with Crippen molar-refractivity contribution in [2.75, 3.05) is 32.8 Å². The van der Waals surface area contributed by atoms with E-state index in [1.54, 1.807) is 19.1 Å². The van der Waals surface area contributed by atoms with E-state index in [0.717, 1.165) is 31.6 Å². The molecule has 0 aliphatic carbocycles. The molecule has 2 aliphatic heterocycles. The van der Waals surface area contributed by atoms with Crippen molar-refractivity contribution in [1.82, 2.24) is 0 Å². The standard InChI is InChI=1S/C20H23N3O5S2/c1-15-4-7-18(23-20(24)10-13-29(23,25)26)14-19(15)30(27,28)21-16-5-8-17(9-6-16)22-11-2-3-12-22/h4-9,14,21H,2-3,10-13H2,1H3. The molecule has 0 aromatic heterocycles. The van der Waals surface area contributed by atoms with E-state index in [1.807, 2.05) is 12.1 Å². The minimum atomic E-state index is -3.98. The number of carbonyl (C=O) groups excluding carboxylic acids is 1. The molecular weight excluding hydrogens is 426 g/mol. The summed E-state index contributed by atoms with van der Waals surface area (Å²) < 4.78 is 53.6. The summed E-state index contributed by atoms with van der Waals surface area (Å²) in [7, 11) is -7.75. The number of anilines is 3. The third-order valence-corrected chi connectivity index (χ3v) is 8.58. The van der Waals surface area contributed by atoms with E-state index in [1.165, 1.54) is 18.2 Å². The second-order valence-corrected chi connectivity index (χ2v) is 11.1. The molecule has 2 heterocycles. The summed E-state index contributed by atoms with van der Waals surface area (Å²) in [5, 5.41) is 0. The first-order chi connectivity index (χ1) is 14.2. The quantitative estimate of drug-likeness (QED) is 0.752. The molecule has 2 saturated heterocycles. The molecule has 0 unspecified atom stereocenters. The van der Waals surface area contributed by atoms with Gasteiger partial charge in [0.2, 0.25) is 15.9 Å². The molecule has 1 N–H and O–H groups in total. The Balaban J connectivity index is 1.62. The van der Waals surface area contributed by atoms with E-state index in [4.69, 9.17) is 0 Å². The molecule has 0 saturated carbocycles. The highest BCUT2D eigenvalue weighted by Crippen LogP contribution is 2.30. The van der Waals surface area contributed by atoms with Gasteiger partial charge in [-0.3, -0.25) is 9.52 Å². The number of benzene rings is 2. The van der Waals surface area contributed by atoms with Crippen molar-refractivity contribution in [3.05, 3.63) is 48.0 Å². The van der Waals surface area contributed by atoms with Gasteiger partial charge in [-0.1, -0.05) is 6.07 Å². The number of nitrogens with zero attached hydrogens (tertiary/aromatic N) is 2. The fourth-order valence-corrected chi connectivity index (χ4v) is 6.57. The normalized spacial score (nSPS) is 18.8.